The molecule has 164 valence electrons. The number of hydrogen-bond donors (Lipinski definition) is 4. The monoisotopic (exact) mass is 400 g/mol. The third kappa shape index (κ3) is 6.55. The highest BCUT2D eigenvalue weighted by Gasteiger charge is 2.57. The van der Waals surface area contributed by atoms with Gasteiger partial charge in [0.15, 0.2) is 0 Å². The number of carbonyl (C=O) groups is 1. The van der Waals surface area contributed by atoms with Crippen LogP contribution < -0.4 is 0 Å². The molecule has 0 aromatic rings. The number of aliphatic hydroxyl groups is 2. The lowest BCUT2D eigenvalue weighted by molar-refractivity contribution is -0.267. The second-order valence-electron chi connectivity index (χ2n) is 8.77. The van der Waals surface area contributed by atoms with E-state index in [1.165, 1.54) is 0 Å². The molecule has 1 fully saturated rings. The lowest BCUT2D eigenvalue weighted by atomic mass is 9.63. The van der Waals surface area contributed by atoms with Gasteiger partial charge in [-0.15, -0.1) is 0 Å². The Labute approximate surface area is 169 Å². The number of carboxylic acid groups (broad SMARTS) is 1. The Morgan fingerprint density at radius 1 is 1.11 bits per heavy atom. The quantitative estimate of drug-likeness (QED) is 0.148. The van der Waals surface area contributed by atoms with E-state index >= 15 is 0 Å². The number of unbranched alkanes of at least 4 members (excludes halogenated alkanes) is 5. The van der Waals surface area contributed by atoms with Gasteiger partial charge in [0.05, 0.1) is 12.2 Å². The van der Waals surface area contributed by atoms with E-state index < -0.39 is 35.1 Å². The molecule has 0 heterocycles. The van der Waals surface area contributed by atoms with E-state index in [1.807, 2.05) is 26.0 Å². The van der Waals surface area contributed by atoms with Crippen LogP contribution in [0.3, 0.4) is 0 Å². The van der Waals surface area contributed by atoms with Crippen molar-refractivity contribution in [2.45, 2.75) is 110 Å². The number of hydrogen-bond acceptors (Lipinski definition) is 5. The van der Waals surface area contributed by atoms with Gasteiger partial charge in [0.1, 0.15) is 6.10 Å². The molecule has 0 bridgehead atoms. The van der Waals surface area contributed by atoms with Gasteiger partial charge < -0.3 is 15.3 Å². The van der Waals surface area contributed by atoms with E-state index in [0.717, 1.165) is 51.4 Å². The first-order valence-corrected chi connectivity index (χ1v) is 10.8. The average molecular weight is 401 g/mol. The summed E-state index contributed by atoms with van der Waals surface area (Å²) in [4.78, 5) is 15.2. The number of aliphatic carboxylic acids is 1. The highest BCUT2D eigenvalue weighted by molar-refractivity contribution is 5.66. The van der Waals surface area contributed by atoms with Gasteiger partial charge >= 0.3 is 5.97 Å². The summed E-state index contributed by atoms with van der Waals surface area (Å²) < 4.78 is 0. The maximum atomic E-state index is 10.7. The molecule has 6 heteroatoms. The van der Waals surface area contributed by atoms with Crippen molar-refractivity contribution in [3.8, 4) is 0 Å². The zero-order valence-corrected chi connectivity index (χ0v) is 17.8. The van der Waals surface area contributed by atoms with Crippen molar-refractivity contribution in [1.29, 1.82) is 0 Å². The Hall–Kier alpha value is -0.950. The molecule has 0 aliphatic heterocycles. The highest BCUT2D eigenvalue weighted by Crippen LogP contribution is 2.56. The maximum Gasteiger partial charge on any atom is 0.303 e. The molecule has 5 atom stereocenters. The van der Waals surface area contributed by atoms with Crippen molar-refractivity contribution in [3.63, 3.8) is 0 Å². The van der Waals surface area contributed by atoms with Crippen LogP contribution in [0.4, 0.5) is 0 Å². The molecule has 0 spiro atoms. The molecule has 28 heavy (non-hydrogen) atoms. The molecule has 6 nitrogen and oxygen atoms in total. The maximum absolute atomic E-state index is 10.7. The molecule has 4 N–H and O–H groups in total. The number of carboxylic acids is 1. The Morgan fingerprint density at radius 2 is 1.79 bits per heavy atom. The van der Waals surface area contributed by atoms with Crippen molar-refractivity contribution in [1.82, 2.24) is 0 Å². The van der Waals surface area contributed by atoms with Gasteiger partial charge in [-0.3, -0.25) is 10.1 Å². The first-order valence-electron chi connectivity index (χ1n) is 10.8. The van der Waals surface area contributed by atoms with E-state index in [1.54, 1.807) is 0 Å². The molecule has 0 saturated heterocycles. The van der Waals surface area contributed by atoms with Crippen LogP contribution in [0.1, 0.15) is 91.4 Å². The second kappa shape index (κ2) is 11.9. The first kappa shape index (κ1) is 25.1. The van der Waals surface area contributed by atoms with Crippen molar-refractivity contribution in [3.05, 3.63) is 12.2 Å². The lowest BCUT2D eigenvalue weighted by Crippen LogP contribution is -2.42. The summed E-state index contributed by atoms with van der Waals surface area (Å²) in [6.45, 7) is 6.10. The molecule has 1 saturated carbocycles. The molecule has 1 aliphatic carbocycles. The molecule has 0 aromatic heterocycles. The lowest BCUT2D eigenvalue weighted by Gasteiger charge is -2.43. The fourth-order valence-electron chi connectivity index (χ4n) is 4.40. The Kier molecular flexibility index (Phi) is 10.7. The fourth-order valence-corrected chi connectivity index (χ4v) is 4.40. The van der Waals surface area contributed by atoms with Gasteiger partial charge in [0.25, 0.3) is 0 Å². The third-order valence-corrected chi connectivity index (χ3v) is 6.83. The molecule has 0 aromatic carbocycles. The Balaban J connectivity index is 2.72. The van der Waals surface area contributed by atoms with Crippen LogP contribution in [0, 0.1) is 10.8 Å². The topological polar surface area (TPSA) is 107 Å². The van der Waals surface area contributed by atoms with Crippen LogP contribution >= 0.6 is 0 Å². The predicted molar refractivity (Wildman–Crippen MR) is 109 cm³/mol. The summed E-state index contributed by atoms with van der Waals surface area (Å²) in [5.74, 6) is -0.765. The van der Waals surface area contributed by atoms with Crippen molar-refractivity contribution >= 4 is 5.97 Å². The third-order valence-electron chi connectivity index (χ3n) is 6.83. The minimum Gasteiger partial charge on any atom is -0.481 e. The molecule has 0 radical (unpaired) electrons. The minimum absolute atomic E-state index is 0.194. The zero-order chi connectivity index (χ0) is 21.2. The van der Waals surface area contributed by atoms with Crippen molar-refractivity contribution in [2.24, 2.45) is 10.8 Å². The van der Waals surface area contributed by atoms with Crippen molar-refractivity contribution < 1.29 is 30.3 Å². The van der Waals surface area contributed by atoms with E-state index in [-0.39, 0.29) is 6.42 Å². The van der Waals surface area contributed by atoms with Gasteiger partial charge in [-0.2, -0.15) is 0 Å². The second-order valence-corrected chi connectivity index (χ2v) is 8.77. The molecular formula is C22H40O6. The summed E-state index contributed by atoms with van der Waals surface area (Å²) in [5.41, 5.74) is -1.10. The number of rotatable bonds is 14. The smallest absolute Gasteiger partial charge is 0.303 e. The molecular weight excluding hydrogens is 360 g/mol. The zero-order valence-electron chi connectivity index (χ0n) is 17.8. The standard InChI is InChI=1S/C22H40O6/c1-4-5-8-11-17(28-27)13-15-22(3)19(24)16-18(23)21(22,2)14-10-7-6-9-12-20(25)26/h13,15,17-19,23-24,27H,4-12,14,16H2,1-3H3,(H,25,26)/b15-13+/t17?,18-,19+,21-,22-/m0/s1. The Morgan fingerprint density at radius 3 is 2.39 bits per heavy atom. The molecule has 1 rings (SSSR count). The van der Waals surface area contributed by atoms with E-state index in [2.05, 4.69) is 11.8 Å². The van der Waals surface area contributed by atoms with Gasteiger partial charge in [-0.1, -0.05) is 71.4 Å². The van der Waals surface area contributed by atoms with Crippen LogP contribution in [0.5, 0.6) is 0 Å². The Bertz CT molecular complexity index is 493. The first-order chi connectivity index (χ1) is 13.2. The van der Waals surface area contributed by atoms with Crippen LogP contribution in [0.15, 0.2) is 12.2 Å². The summed E-state index contributed by atoms with van der Waals surface area (Å²) in [6, 6.07) is 0. The minimum atomic E-state index is -0.765. The largest absolute Gasteiger partial charge is 0.481 e. The fraction of sp³-hybridized carbons (Fsp3) is 0.864. The van der Waals surface area contributed by atoms with Crippen molar-refractivity contribution in [2.75, 3.05) is 0 Å². The van der Waals surface area contributed by atoms with Crippen LogP contribution in [-0.4, -0.2) is 44.9 Å². The van der Waals surface area contributed by atoms with Gasteiger partial charge in [0, 0.05) is 23.7 Å². The van der Waals surface area contributed by atoms with E-state index in [0.29, 0.717) is 12.8 Å². The van der Waals surface area contributed by atoms with Gasteiger partial charge in [0.2, 0.25) is 0 Å². The van der Waals surface area contributed by atoms with Crippen LogP contribution in [0.25, 0.3) is 0 Å². The van der Waals surface area contributed by atoms with Crippen LogP contribution in [0.2, 0.25) is 0 Å². The summed E-state index contributed by atoms with van der Waals surface area (Å²) in [5, 5.41) is 39.3. The summed E-state index contributed by atoms with van der Waals surface area (Å²) >= 11 is 0. The normalized spacial score (nSPS) is 31.5. The molecule has 1 aliphatic rings. The van der Waals surface area contributed by atoms with E-state index in [9.17, 15) is 20.3 Å². The summed E-state index contributed by atoms with van der Waals surface area (Å²) in [7, 11) is 0. The summed E-state index contributed by atoms with van der Waals surface area (Å²) in [6.07, 6.45) is 10.5. The molecule has 1 unspecified atom stereocenters. The SMILES string of the molecule is CCCCCC(/C=C/[C@@]1(C)[C@H](O)C[C@H](O)[C@]1(C)CCCCCCC(=O)O)OO. The van der Waals surface area contributed by atoms with Gasteiger partial charge in [-0.25, -0.2) is 4.89 Å². The van der Waals surface area contributed by atoms with Gasteiger partial charge in [-0.05, 0) is 19.3 Å². The average Bonchev–Trinajstić information content (AvgIpc) is 2.81. The highest BCUT2D eigenvalue weighted by atomic mass is 17.1. The number of aliphatic hydroxyl groups excluding tert-OH is 2. The predicted octanol–water partition coefficient (Wildman–Crippen LogP) is 4.54. The van der Waals surface area contributed by atoms with E-state index in [4.69, 9.17) is 5.11 Å². The van der Waals surface area contributed by atoms with Crippen LogP contribution in [-0.2, 0) is 9.68 Å². The molecule has 0 amide bonds.